The number of carbonyl (C=O) groups is 1. The number of primary amides is 1. The van der Waals surface area contributed by atoms with Gasteiger partial charge in [-0.15, -0.1) is 0 Å². The molecule has 0 aromatic heterocycles. The first-order valence-corrected chi connectivity index (χ1v) is 7.97. The highest BCUT2D eigenvalue weighted by molar-refractivity contribution is 5.81. The second-order valence-corrected chi connectivity index (χ2v) is 6.08. The van der Waals surface area contributed by atoms with Gasteiger partial charge in [-0.05, 0) is 56.9 Å². The molecule has 1 fully saturated rings. The molecule has 0 unspecified atom stereocenters. The zero-order valence-electron chi connectivity index (χ0n) is 12.9. The molecular formula is C17H27N3O. The zero-order chi connectivity index (χ0) is 15.1. The highest BCUT2D eigenvalue weighted by Crippen LogP contribution is 2.16. The summed E-state index contributed by atoms with van der Waals surface area (Å²) >= 11 is 0. The zero-order valence-corrected chi connectivity index (χ0v) is 12.9. The first-order valence-electron chi connectivity index (χ1n) is 7.97. The Kier molecular flexibility index (Phi) is 6.21. The van der Waals surface area contributed by atoms with Gasteiger partial charge in [0.1, 0.15) is 6.04 Å². The van der Waals surface area contributed by atoms with Gasteiger partial charge < -0.3 is 16.0 Å². The third-order valence-electron chi connectivity index (χ3n) is 4.29. The molecule has 1 atom stereocenters. The molecule has 1 aromatic carbocycles. The summed E-state index contributed by atoms with van der Waals surface area (Å²) in [6.45, 7) is 6.66. The largest absolute Gasteiger partial charge is 0.368 e. The van der Waals surface area contributed by atoms with Crippen molar-refractivity contribution in [3.05, 3.63) is 35.9 Å². The van der Waals surface area contributed by atoms with Crippen LogP contribution >= 0.6 is 0 Å². The summed E-state index contributed by atoms with van der Waals surface area (Å²) in [5.74, 6) is 0.560. The SMILES string of the molecule is CC1CCN(CCCN[C@H](C(N)=O)c2ccccc2)CC1. The molecule has 116 valence electrons. The molecule has 1 aromatic rings. The van der Waals surface area contributed by atoms with E-state index >= 15 is 0 Å². The Morgan fingerprint density at radius 3 is 2.62 bits per heavy atom. The molecule has 4 nitrogen and oxygen atoms in total. The van der Waals surface area contributed by atoms with E-state index in [2.05, 4.69) is 17.1 Å². The van der Waals surface area contributed by atoms with Crippen LogP contribution in [0.25, 0.3) is 0 Å². The topological polar surface area (TPSA) is 58.4 Å². The lowest BCUT2D eigenvalue weighted by Gasteiger charge is -2.30. The van der Waals surface area contributed by atoms with Crippen LogP contribution in [0.1, 0.15) is 37.8 Å². The summed E-state index contributed by atoms with van der Waals surface area (Å²) in [4.78, 5) is 14.1. The first kappa shape index (κ1) is 16.0. The van der Waals surface area contributed by atoms with Crippen LogP contribution in [0.15, 0.2) is 30.3 Å². The lowest BCUT2D eigenvalue weighted by Crippen LogP contribution is -2.37. The molecule has 4 heteroatoms. The number of piperidine rings is 1. The molecule has 0 saturated carbocycles. The number of amides is 1. The summed E-state index contributed by atoms with van der Waals surface area (Å²) < 4.78 is 0. The van der Waals surface area contributed by atoms with E-state index in [9.17, 15) is 4.79 Å². The van der Waals surface area contributed by atoms with Crippen molar-refractivity contribution in [2.24, 2.45) is 11.7 Å². The van der Waals surface area contributed by atoms with E-state index < -0.39 is 0 Å². The number of rotatable bonds is 7. The molecule has 1 aliphatic rings. The van der Waals surface area contributed by atoms with Gasteiger partial charge in [-0.25, -0.2) is 0 Å². The minimum atomic E-state index is -0.382. The Labute approximate surface area is 127 Å². The number of nitrogens with zero attached hydrogens (tertiary/aromatic N) is 1. The quantitative estimate of drug-likeness (QED) is 0.754. The second-order valence-electron chi connectivity index (χ2n) is 6.08. The summed E-state index contributed by atoms with van der Waals surface area (Å²) in [5.41, 5.74) is 6.44. The monoisotopic (exact) mass is 289 g/mol. The maximum Gasteiger partial charge on any atom is 0.239 e. The normalized spacial score (nSPS) is 18.5. The molecule has 0 bridgehead atoms. The van der Waals surface area contributed by atoms with Crippen molar-refractivity contribution in [3.63, 3.8) is 0 Å². The minimum Gasteiger partial charge on any atom is -0.368 e. The van der Waals surface area contributed by atoms with E-state index in [4.69, 9.17) is 5.73 Å². The summed E-state index contributed by atoms with van der Waals surface area (Å²) in [6.07, 6.45) is 3.66. The highest BCUT2D eigenvalue weighted by atomic mass is 16.1. The maximum absolute atomic E-state index is 11.6. The Hall–Kier alpha value is -1.39. The van der Waals surface area contributed by atoms with E-state index in [-0.39, 0.29) is 11.9 Å². The number of hydrogen-bond donors (Lipinski definition) is 2. The fraction of sp³-hybridized carbons (Fsp3) is 0.588. The van der Waals surface area contributed by atoms with Gasteiger partial charge in [0.25, 0.3) is 0 Å². The van der Waals surface area contributed by atoms with Crippen LogP contribution in [0.5, 0.6) is 0 Å². The molecule has 0 spiro atoms. The van der Waals surface area contributed by atoms with Crippen LogP contribution < -0.4 is 11.1 Å². The Morgan fingerprint density at radius 2 is 2.00 bits per heavy atom. The van der Waals surface area contributed by atoms with E-state index in [1.165, 1.54) is 25.9 Å². The van der Waals surface area contributed by atoms with E-state index in [0.717, 1.165) is 31.0 Å². The fourth-order valence-corrected chi connectivity index (χ4v) is 2.86. The molecular weight excluding hydrogens is 262 g/mol. The third kappa shape index (κ3) is 5.14. The van der Waals surface area contributed by atoms with Gasteiger partial charge in [-0.1, -0.05) is 37.3 Å². The van der Waals surface area contributed by atoms with Gasteiger partial charge in [-0.2, -0.15) is 0 Å². The predicted molar refractivity (Wildman–Crippen MR) is 85.8 cm³/mol. The second kappa shape index (κ2) is 8.15. The van der Waals surface area contributed by atoms with Crippen molar-refractivity contribution in [2.75, 3.05) is 26.2 Å². The van der Waals surface area contributed by atoms with Crippen molar-refractivity contribution in [3.8, 4) is 0 Å². The molecule has 1 saturated heterocycles. The molecule has 2 rings (SSSR count). The average Bonchev–Trinajstić information content (AvgIpc) is 2.49. The number of benzene rings is 1. The minimum absolute atomic E-state index is 0.312. The smallest absolute Gasteiger partial charge is 0.239 e. The van der Waals surface area contributed by atoms with E-state index in [0.29, 0.717) is 0 Å². The van der Waals surface area contributed by atoms with E-state index in [1.54, 1.807) is 0 Å². The molecule has 3 N–H and O–H groups in total. The molecule has 21 heavy (non-hydrogen) atoms. The molecule has 0 aliphatic carbocycles. The van der Waals surface area contributed by atoms with E-state index in [1.807, 2.05) is 30.3 Å². The van der Waals surface area contributed by atoms with Gasteiger partial charge in [0, 0.05) is 0 Å². The third-order valence-corrected chi connectivity index (χ3v) is 4.29. The number of nitrogens with two attached hydrogens (primary N) is 1. The van der Waals surface area contributed by atoms with Crippen LogP contribution in [0.2, 0.25) is 0 Å². The van der Waals surface area contributed by atoms with Crippen LogP contribution in [-0.4, -0.2) is 37.0 Å². The molecule has 1 aliphatic heterocycles. The number of nitrogens with one attached hydrogen (secondary N) is 1. The van der Waals surface area contributed by atoms with Gasteiger partial charge in [0.15, 0.2) is 0 Å². The molecule has 0 radical (unpaired) electrons. The molecule has 1 amide bonds. The number of likely N-dealkylation sites (tertiary alicyclic amines) is 1. The van der Waals surface area contributed by atoms with Crippen LogP contribution in [0, 0.1) is 5.92 Å². The van der Waals surface area contributed by atoms with Gasteiger partial charge in [0.2, 0.25) is 5.91 Å². The summed E-state index contributed by atoms with van der Waals surface area (Å²) in [7, 11) is 0. The van der Waals surface area contributed by atoms with Crippen LogP contribution in [0.4, 0.5) is 0 Å². The van der Waals surface area contributed by atoms with Gasteiger partial charge in [0.05, 0.1) is 0 Å². The van der Waals surface area contributed by atoms with Gasteiger partial charge in [-0.3, -0.25) is 4.79 Å². The van der Waals surface area contributed by atoms with Crippen molar-refractivity contribution in [1.82, 2.24) is 10.2 Å². The van der Waals surface area contributed by atoms with Crippen molar-refractivity contribution >= 4 is 5.91 Å². The Morgan fingerprint density at radius 1 is 1.33 bits per heavy atom. The summed E-state index contributed by atoms with van der Waals surface area (Å²) in [5, 5.41) is 3.28. The summed E-state index contributed by atoms with van der Waals surface area (Å²) in [6, 6.07) is 9.30. The average molecular weight is 289 g/mol. The van der Waals surface area contributed by atoms with Crippen molar-refractivity contribution < 1.29 is 4.79 Å². The fourth-order valence-electron chi connectivity index (χ4n) is 2.86. The lowest BCUT2D eigenvalue weighted by molar-refractivity contribution is -0.120. The highest BCUT2D eigenvalue weighted by Gasteiger charge is 2.17. The predicted octanol–water partition coefficient (Wildman–Crippen LogP) is 1.92. The van der Waals surface area contributed by atoms with Crippen molar-refractivity contribution in [2.45, 2.75) is 32.2 Å². The lowest BCUT2D eigenvalue weighted by atomic mass is 9.99. The maximum atomic E-state index is 11.6. The van der Waals surface area contributed by atoms with Crippen LogP contribution in [0.3, 0.4) is 0 Å². The van der Waals surface area contributed by atoms with Crippen LogP contribution in [-0.2, 0) is 4.79 Å². The van der Waals surface area contributed by atoms with Crippen molar-refractivity contribution in [1.29, 1.82) is 0 Å². The Balaban J connectivity index is 1.72. The standard InChI is InChI=1S/C17H27N3O/c1-14-8-12-20(13-9-14)11-5-10-19-16(17(18)21)15-6-3-2-4-7-15/h2-4,6-7,14,16,19H,5,8-13H2,1H3,(H2,18,21)/t16-/m0/s1. The first-order chi connectivity index (χ1) is 10.2. The number of carbonyl (C=O) groups excluding carboxylic acids is 1. The Bertz CT molecular complexity index is 427. The molecule has 1 heterocycles. The number of hydrogen-bond acceptors (Lipinski definition) is 3. The van der Waals surface area contributed by atoms with Gasteiger partial charge >= 0.3 is 0 Å².